The molecule has 1 aromatic heterocycles. The number of sulfonamides is 1. The van der Waals surface area contributed by atoms with E-state index >= 15 is 0 Å². The first-order chi connectivity index (χ1) is 7.78. The molecule has 6 heteroatoms. The highest BCUT2D eigenvalue weighted by Gasteiger charge is 2.24. The van der Waals surface area contributed by atoms with Gasteiger partial charge in [-0.25, -0.2) is 8.42 Å². The van der Waals surface area contributed by atoms with E-state index in [1.165, 1.54) is 28.8 Å². The van der Waals surface area contributed by atoms with Crippen molar-refractivity contribution in [1.82, 2.24) is 4.31 Å². The predicted molar refractivity (Wildman–Crippen MR) is 69.6 cm³/mol. The monoisotopic (exact) mass is 275 g/mol. The lowest BCUT2D eigenvalue weighted by Gasteiger charge is -2.16. The fourth-order valence-corrected chi connectivity index (χ4v) is 4.18. The molecular formula is C11H17NO3S2. The molecular weight excluding hydrogens is 258 g/mol. The maximum Gasteiger partial charge on any atom is 0.244 e. The van der Waals surface area contributed by atoms with Gasteiger partial charge in [-0.2, -0.15) is 4.31 Å². The van der Waals surface area contributed by atoms with E-state index in [2.05, 4.69) is 6.58 Å². The summed E-state index contributed by atoms with van der Waals surface area (Å²) in [6, 6.07) is 1.53. The fraction of sp³-hybridized carbons (Fsp3) is 0.455. The summed E-state index contributed by atoms with van der Waals surface area (Å²) in [5, 5.41) is 9.01. The molecule has 0 bridgehead atoms. The minimum Gasteiger partial charge on any atom is -0.391 e. The van der Waals surface area contributed by atoms with Crippen molar-refractivity contribution in [1.29, 1.82) is 0 Å². The van der Waals surface area contributed by atoms with Gasteiger partial charge in [-0.1, -0.05) is 12.2 Å². The lowest BCUT2D eigenvalue weighted by atomic mass is 10.4. The van der Waals surface area contributed by atoms with Gasteiger partial charge >= 0.3 is 0 Å². The number of aliphatic hydroxyl groups is 1. The lowest BCUT2D eigenvalue weighted by Crippen LogP contribution is -2.28. The number of likely N-dealkylation sites (N-methyl/N-ethyl adjacent to an activating group) is 1. The molecule has 1 heterocycles. The molecule has 0 radical (unpaired) electrons. The summed E-state index contributed by atoms with van der Waals surface area (Å²) in [6.07, 6.45) is 0. The third-order valence-electron chi connectivity index (χ3n) is 2.26. The highest BCUT2D eigenvalue weighted by atomic mass is 32.2. The van der Waals surface area contributed by atoms with Gasteiger partial charge in [0, 0.05) is 23.3 Å². The summed E-state index contributed by atoms with van der Waals surface area (Å²) < 4.78 is 25.7. The maximum atomic E-state index is 12.2. The minimum absolute atomic E-state index is 0.134. The minimum atomic E-state index is -3.48. The van der Waals surface area contributed by atoms with Gasteiger partial charge in [0.1, 0.15) is 0 Å². The molecule has 1 N–H and O–H groups in total. The van der Waals surface area contributed by atoms with Crippen LogP contribution < -0.4 is 0 Å². The van der Waals surface area contributed by atoms with Crippen LogP contribution in [0.15, 0.2) is 23.1 Å². The van der Waals surface area contributed by atoms with Crippen LogP contribution >= 0.6 is 11.3 Å². The van der Waals surface area contributed by atoms with Crippen LogP contribution in [0.3, 0.4) is 0 Å². The smallest absolute Gasteiger partial charge is 0.244 e. The Kier molecular flexibility index (Phi) is 4.48. The largest absolute Gasteiger partial charge is 0.391 e. The Bertz CT molecular complexity index is 517. The molecule has 0 saturated carbocycles. The summed E-state index contributed by atoms with van der Waals surface area (Å²) >= 11 is 1.30. The Labute approximate surface area is 106 Å². The van der Waals surface area contributed by atoms with Gasteiger partial charge < -0.3 is 5.11 Å². The zero-order valence-electron chi connectivity index (χ0n) is 10.2. The van der Waals surface area contributed by atoms with E-state index in [1.807, 2.05) is 0 Å². The van der Waals surface area contributed by atoms with Crippen LogP contribution in [0.25, 0.3) is 0 Å². The second-order valence-corrected chi connectivity index (χ2v) is 7.36. The van der Waals surface area contributed by atoms with Gasteiger partial charge in [-0.3, -0.25) is 0 Å². The van der Waals surface area contributed by atoms with Crippen LogP contribution in [0.2, 0.25) is 0 Å². The number of nitrogens with zero attached hydrogens (tertiary/aromatic N) is 1. The van der Waals surface area contributed by atoms with E-state index in [0.717, 1.165) is 5.57 Å². The summed E-state index contributed by atoms with van der Waals surface area (Å²) in [7, 11) is -1.95. The predicted octanol–water partition coefficient (Wildman–Crippen LogP) is 1.75. The number of thiophene rings is 1. The van der Waals surface area contributed by atoms with E-state index < -0.39 is 10.0 Å². The standard InChI is InChI=1S/C11H17NO3S2/c1-8(2)6-12(4)17(14,15)11-5-10(7-13)16-9(11)3/h5,13H,1,6-7H2,2-4H3. The Hall–Kier alpha value is -0.690. The highest BCUT2D eigenvalue weighted by molar-refractivity contribution is 7.89. The van der Waals surface area contributed by atoms with Crippen molar-refractivity contribution in [3.63, 3.8) is 0 Å². The number of aryl methyl sites for hydroxylation is 1. The lowest BCUT2D eigenvalue weighted by molar-refractivity contribution is 0.285. The molecule has 17 heavy (non-hydrogen) atoms. The molecule has 0 aliphatic carbocycles. The summed E-state index contributed by atoms with van der Waals surface area (Å²) in [6.45, 7) is 7.39. The first-order valence-electron chi connectivity index (χ1n) is 5.10. The third kappa shape index (κ3) is 3.16. The van der Waals surface area contributed by atoms with Gasteiger partial charge in [0.05, 0.1) is 11.5 Å². The van der Waals surface area contributed by atoms with Crippen LogP contribution in [0.4, 0.5) is 0 Å². The third-order valence-corrected chi connectivity index (χ3v) is 5.35. The highest BCUT2D eigenvalue weighted by Crippen LogP contribution is 2.27. The van der Waals surface area contributed by atoms with Gasteiger partial charge in [0.2, 0.25) is 10.0 Å². The molecule has 4 nitrogen and oxygen atoms in total. The van der Waals surface area contributed by atoms with Crippen LogP contribution in [0.5, 0.6) is 0 Å². The number of aliphatic hydroxyl groups excluding tert-OH is 1. The second kappa shape index (κ2) is 5.30. The summed E-state index contributed by atoms with van der Waals surface area (Å²) in [5.41, 5.74) is 0.784. The van der Waals surface area contributed by atoms with Gasteiger partial charge in [-0.05, 0) is 19.9 Å². The van der Waals surface area contributed by atoms with E-state index in [0.29, 0.717) is 16.3 Å². The van der Waals surface area contributed by atoms with Crippen LogP contribution in [0, 0.1) is 6.92 Å². The molecule has 0 aliphatic heterocycles. The van der Waals surface area contributed by atoms with E-state index in [-0.39, 0.29) is 11.5 Å². The molecule has 96 valence electrons. The SMILES string of the molecule is C=C(C)CN(C)S(=O)(=O)c1cc(CO)sc1C. The van der Waals surface area contributed by atoms with Crippen LogP contribution in [0.1, 0.15) is 16.7 Å². The molecule has 0 aromatic carbocycles. The number of hydrogen-bond acceptors (Lipinski definition) is 4. The maximum absolute atomic E-state index is 12.2. The molecule has 0 saturated heterocycles. The van der Waals surface area contributed by atoms with Crippen LogP contribution in [-0.4, -0.2) is 31.4 Å². The molecule has 1 aromatic rings. The van der Waals surface area contributed by atoms with Gasteiger partial charge in [0.25, 0.3) is 0 Å². The Morgan fingerprint density at radius 3 is 2.59 bits per heavy atom. The average molecular weight is 275 g/mol. The van der Waals surface area contributed by atoms with Crippen molar-refractivity contribution < 1.29 is 13.5 Å². The van der Waals surface area contributed by atoms with Crippen molar-refractivity contribution in [2.75, 3.05) is 13.6 Å². The van der Waals surface area contributed by atoms with Crippen LogP contribution in [-0.2, 0) is 16.6 Å². The molecule has 0 aliphatic rings. The summed E-state index contributed by atoms with van der Waals surface area (Å²) in [5.74, 6) is 0. The zero-order chi connectivity index (χ0) is 13.2. The zero-order valence-corrected chi connectivity index (χ0v) is 11.9. The van der Waals surface area contributed by atoms with Crippen molar-refractivity contribution in [3.05, 3.63) is 28.0 Å². The van der Waals surface area contributed by atoms with E-state index in [1.54, 1.807) is 13.8 Å². The molecule has 1 rings (SSSR count). The first kappa shape index (κ1) is 14.4. The Balaban J connectivity index is 3.12. The van der Waals surface area contributed by atoms with E-state index in [9.17, 15) is 8.42 Å². The quantitative estimate of drug-likeness (QED) is 0.833. The molecule has 0 unspecified atom stereocenters. The van der Waals surface area contributed by atoms with Crippen molar-refractivity contribution >= 4 is 21.4 Å². The van der Waals surface area contributed by atoms with Crippen molar-refractivity contribution in [3.8, 4) is 0 Å². The fourth-order valence-electron chi connectivity index (χ4n) is 1.49. The average Bonchev–Trinajstić information content (AvgIpc) is 2.59. The first-order valence-corrected chi connectivity index (χ1v) is 7.35. The molecule has 0 amide bonds. The van der Waals surface area contributed by atoms with E-state index in [4.69, 9.17) is 5.11 Å². The van der Waals surface area contributed by atoms with Gasteiger partial charge in [0.15, 0.2) is 0 Å². The molecule has 0 atom stereocenters. The van der Waals surface area contributed by atoms with Crippen molar-refractivity contribution in [2.24, 2.45) is 0 Å². The molecule has 0 fully saturated rings. The Morgan fingerprint density at radius 1 is 1.59 bits per heavy atom. The summed E-state index contributed by atoms with van der Waals surface area (Å²) in [4.78, 5) is 1.63. The number of hydrogen-bond donors (Lipinski definition) is 1. The molecule has 0 spiro atoms. The normalized spacial score (nSPS) is 12.1. The Morgan fingerprint density at radius 2 is 2.18 bits per heavy atom. The van der Waals surface area contributed by atoms with Gasteiger partial charge in [-0.15, -0.1) is 11.3 Å². The second-order valence-electron chi connectivity index (χ2n) is 4.01. The van der Waals surface area contributed by atoms with Crippen molar-refractivity contribution in [2.45, 2.75) is 25.3 Å². The number of rotatable bonds is 5. The topological polar surface area (TPSA) is 57.6 Å².